The number of carbonyl (C=O) groups is 2. The second-order valence-corrected chi connectivity index (χ2v) is 27.3. The van der Waals surface area contributed by atoms with E-state index in [1.807, 2.05) is 0 Å². The molecule has 0 aromatic heterocycles. The van der Waals surface area contributed by atoms with Crippen LogP contribution in [0.2, 0.25) is 0 Å². The number of carboxylic acid groups (broad SMARTS) is 1. The van der Waals surface area contributed by atoms with Gasteiger partial charge in [0.2, 0.25) is 5.91 Å². The molecule has 8 unspecified atom stereocenters. The van der Waals surface area contributed by atoms with Crippen LogP contribution in [-0.2, 0) is 29.2 Å². The third-order valence-corrected chi connectivity index (χ3v) is 23.3. The van der Waals surface area contributed by atoms with Gasteiger partial charge in [0.25, 0.3) is 10.1 Å². The highest BCUT2D eigenvalue weighted by Gasteiger charge is 2.65. The van der Waals surface area contributed by atoms with Gasteiger partial charge >= 0.3 is 5.97 Å². The van der Waals surface area contributed by atoms with Crippen molar-refractivity contribution >= 4 is 22.0 Å². The number of unbranched alkanes of at least 4 members (excludes halogenated alkanes) is 2. The molecule has 20 atom stereocenters. The highest BCUT2D eigenvalue weighted by atomic mass is 32.2. The number of aliphatic hydroxyl groups excluding tert-OH is 2. The van der Waals surface area contributed by atoms with Crippen molar-refractivity contribution in [1.82, 2.24) is 5.32 Å². The smallest absolute Gasteiger partial charge is 0.303 e. The van der Waals surface area contributed by atoms with E-state index in [4.69, 9.17) is 14.0 Å². The van der Waals surface area contributed by atoms with Gasteiger partial charge in [-0.15, -0.1) is 0 Å². The fourth-order valence-corrected chi connectivity index (χ4v) is 19.4. The molecule has 8 fully saturated rings. The minimum atomic E-state index is -4.09. The van der Waals surface area contributed by atoms with Crippen LogP contribution in [0.3, 0.4) is 0 Å². The predicted molar refractivity (Wildman–Crippen MR) is 260 cm³/mol. The molecule has 1 amide bonds. The van der Waals surface area contributed by atoms with Gasteiger partial charge in [-0.05, 0) is 228 Å². The summed E-state index contributed by atoms with van der Waals surface area (Å²) in [7, 11) is -4.09. The Morgan fingerprint density at radius 2 is 1.04 bits per heavy atom. The normalized spacial score (nSPS) is 45.6. The summed E-state index contributed by atoms with van der Waals surface area (Å²) in [5, 5.41) is 35.8. The van der Waals surface area contributed by atoms with E-state index in [1.165, 1.54) is 44.9 Å². The maximum atomic E-state index is 12.5. The number of carboxylic acids is 1. The van der Waals surface area contributed by atoms with Crippen molar-refractivity contribution in [3.05, 3.63) is 0 Å². The van der Waals surface area contributed by atoms with E-state index < -0.39 is 21.8 Å². The van der Waals surface area contributed by atoms with Crippen molar-refractivity contribution in [2.45, 2.75) is 214 Å². The molecule has 0 aromatic rings. The Morgan fingerprint density at radius 1 is 0.612 bits per heavy atom. The number of nitrogens with one attached hydrogen (secondary N) is 1. The van der Waals surface area contributed by atoms with Crippen molar-refractivity contribution in [3.63, 3.8) is 0 Å². The largest absolute Gasteiger partial charge is 0.481 e. The number of hydrogen-bond donors (Lipinski definition) is 5. The summed E-state index contributed by atoms with van der Waals surface area (Å²) in [6.45, 7) is 16.1. The molecule has 0 saturated heterocycles. The molecule has 8 aliphatic rings. The fraction of sp³-hybridized carbons (Fsp3) is 0.964. The lowest BCUT2D eigenvalue weighted by molar-refractivity contribution is -0.178. The van der Waals surface area contributed by atoms with Crippen molar-refractivity contribution in [3.8, 4) is 0 Å². The van der Waals surface area contributed by atoms with Crippen LogP contribution < -0.4 is 5.32 Å². The maximum absolute atomic E-state index is 12.5. The standard InChI is InChI=1S/C55H93NO10S/c1-34(10-16-48(59)56-26-29-67(62,63)64)40-12-14-42-50-44(20-24-54(40,42)5)52(3)22-18-38(30-36(52)32-46(50)57)65-27-8-7-9-28-66-39-19-23-53(4)37(31-39)33-47(58)51-43-15-13-41(35(2)11-17-49(60)61)55(43,6)25-21-45(51)53/h34-47,50-51,57-58H,7-33H2,1-6H3,(H,56,59)(H,60,61)(H,62,63,64)/t34-,35-,36?,37?,38+,39-,40-,41-,42?,43?,44?,45?,46+,47-,50?,51?,52+,53+,54-,55-/m1/s1. The Balaban J connectivity index is 0.732. The zero-order valence-electron chi connectivity index (χ0n) is 42.5. The summed E-state index contributed by atoms with van der Waals surface area (Å²) in [6.07, 6.45) is 23.3. The summed E-state index contributed by atoms with van der Waals surface area (Å²) < 4.78 is 44.3. The van der Waals surface area contributed by atoms with E-state index in [9.17, 15) is 33.3 Å². The molecule has 11 nitrogen and oxygen atoms in total. The zero-order chi connectivity index (χ0) is 48.1. The number of ether oxygens (including phenoxy) is 2. The molecule has 0 aromatic carbocycles. The molecule has 12 heteroatoms. The van der Waals surface area contributed by atoms with Gasteiger partial charge in [0.15, 0.2) is 0 Å². The van der Waals surface area contributed by atoms with Gasteiger partial charge in [-0.3, -0.25) is 14.1 Å². The molecule has 8 rings (SSSR count). The first-order valence-electron chi connectivity index (χ1n) is 27.7. The fourth-order valence-electron chi connectivity index (χ4n) is 19.0. The molecule has 0 spiro atoms. The van der Waals surface area contributed by atoms with E-state index in [-0.39, 0.29) is 64.9 Å². The monoisotopic (exact) mass is 960 g/mol. The molecule has 0 heterocycles. The van der Waals surface area contributed by atoms with Gasteiger partial charge in [0, 0.05) is 32.6 Å². The van der Waals surface area contributed by atoms with Gasteiger partial charge in [-0.2, -0.15) is 8.42 Å². The van der Waals surface area contributed by atoms with Crippen LogP contribution >= 0.6 is 0 Å². The number of rotatable bonds is 19. The highest BCUT2D eigenvalue weighted by molar-refractivity contribution is 7.85. The maximum Gasteiger partial charge on any atom is 0.303 e. The second-order valence-electron chi connectivity index (χ2n) is 25.7. The van der Waals surface area contributed by atoms with Gasteiger partial charge in [-0.1, -0.05) is 41.5 Å². The average molecular weight is 960 g/mol. The highest BCUT2D eigenvalue weighted by Crippen LogP contribution is 2.70. The predicted octanol–water partition coefficient (Wildman–Crippen LogP) is 10.1. The molecule has 0 radical (unpaired) electrons. The number of carbonyl (C=O) groups excluding carboxylic acids is 1. The molecular weight excluding hydrogens is 867 g/mol. The molecular formula is C55H93NO10S. The summed E-state index contributed by atoms with van der Waals surface area (Å²) >= 11 is 0. The van der Waals surface area contributed by atoms with Gasteiger partial charge in [0.05, 0.1) is 30.2 Å². The number of aliphatic hydroxyl groups is 2. The number of amides is 1. The van der Waals surface area contributed by atoms with E-state index in [0.29, 0.717) is 77.4 Å². The lowest BCUT2D eigenvalue weighted by Gasteiger charge is -2.62. The third-order valence-electron chi connectivity index (χ3n) is 22.6. The van der Waals surface area contributed by atoms with Crippen molar-refractivity contribution < 1.29 is 47.4 Å². The number of hydrogen-bond acceptors (Lipinski definition) is 8. The SMILES string of the molecule is C[C@H](CCC(=O)O)[C@H]1CCC2C3C(CC[C@@]21C)[C@@]1(C)CC[C@@H](OCCCCCO[C@H]2CC[C@@]4(C)C(C2)C[C@H](O)C2C4CC[C@@]4(C)C2CC[C@@H]4[C@H](C)CCC(=O)NCCS(=O)(=O)O)CC1C[C@H]3O. The van der Waals surface area contributed by atoms with E-state index in [2.05, 4.69) is 46.9 Å². The molecule has 67 heavy (non-hydrogen) atoms. The van der Waals surface area contributed by atoms with Gasteiger partial charge in [-0.25, -0.2) is 0 Å². The van der Waals surface area contributed by atoms with Crippen LogP contribution in [0.5, 0.6) is 0 Å². The molecule has 8 saturated carbocycles. The van der Waals surface area contributed by atoms with E-state index in [0.717, 1.165) is 103 Å². The number of aliphatic carboxylic acids is 1. The molecule has 5 N–H and O–H groups in total. The van der Waals surface area contributed by atoms with Crippen LogP contribution in [0.4, 0.5) is 0 Å². The molecule has 8 aliphatic carbocycles. The van der Waals surface area contributed by atoms with Crippen LogP contribution in [-0.4, -0.2) is 90.1 Å². The summed E-state index contributed by atoms with van der Waals surface area (Å²) in [4.78, 5) is 23.8. The van der Waals surface area contributed by atoms with Crippen molar-refractivity contribution in [2.24, 2.45) is 92.7 Å². The Kier molecular flexibility index (Phi) is 16.0. The van der Waals surface area contributed by atoms with Crippen molar-refractivity contribution in [1.29, 1.82) is 0 Å². The first-order chi connectivity index (χ1) is 31.7. The molecule has 384 valence electrons. The van der Waals surface area contributed by atoms with Crippen LogP contribution in [0.1, 0.15) is 189 Å². The molecule has 0 bridgehead atoms. The summed E-state index contributed by atoms with van der Waals surface area (Å²) in [6, 6.07) is 0. The Bertz CT molecular complexity index is 1830. The Morgan fingerprint density at radius 3 is 1.49 bits per heavy atom. The van der Waals surface area contributed by atoms with Crippen LogP contribution in [0, 0.1) is 92.7 Å². The minimum absolute atomic E-state index is 0.0697. The van der Waals surface area contributed by atoms with Gasteiger partial charge in [0.1, 0.15) is 0 Å². The molecule has 0 aliphatic heterocycles. The minimum Gasteiger partial charge on any atom is -0.481 e. The van der Waals surface area contributed by atoms with E-state index in [1.54, 1.807) is 0 Å². The summed E-state index contributed by atoms with van der Waals surface area (Å²) in [5.74, 6) is 4.41. The van der Waals surface area contributed by atoms with Crippen LogP contribution in [0.15, 0.2) is 0 Å². The lowest BCUT2D eigenvalue weighted by atomic mass is 9.43. The topological polar surface area (TPSA) is 180 Å². The first-order valence-corrected chi connectivity index (χ1v) is 29.3. The van der Waals surface area contributed by atoms with Gasteiger partial charge < -0.3 is 30.1 Å². The van der Waals surface area contributed by atoms with E-state index >= 15 is 0 Å². The Labute approximate surface area is 405 Å². The van der Waals surface area contributed by atoms with Crippen molar-refractivity contribution in [2.75, 3.05) is 25.5 Å². The van der Waals surface area contributed by atoms with Crippen LogP contribution in [0.25, 0.3) is 0 Å². The number of fused-ring (bicyclic) bond motifs is 10. The second kappa shape index (κ2) is 20.7. The lowest BCUT2D eigenvalue weighted by Crippen LogP contribution is -2.58. The third kappa shape index (κ3) is 10.5. The summed E-state index contributed by atoms with van der Waals surface area (Å²) in [5.41, 5.74) is 0.877. The first kappa shape index (κ1) is 52.0. The quantitative estimate of drug-likeness (QED) is 0.0618. The average Bonchev–Trinajstić information content (AvgIpc) is 3.81. The zero-order valence-corrected chi connectivity index (χ0v) is 43.3. The Hall–Kier alpha value is -1.31.